The molecule has 0 atom stereocenters. The van der Waals surface area contributed by atoms with Gasteiger partial charge in [0.25, 0.3) is 0 Å². The van der Waals surface area contributed by atoms with E-state index < -0.39 is 0 Å². The Labute approximate surface area is 319 Å². The van der Waals surface area contributed by atoms with Gasteiger partial charge in [-0.15, -0.1) is 0 Å². The van der Waals surface area contributed by atoms with Crippen LogP contribution in [0.4, 0.5) is 0 Å². The molecule has 5 nitrogen and oxygen atoms in total. The monoisotopic (exact) mass is 722 g/mol. The molecule has 5 heteroatoms. The topological polar surface area (TPSA) is 59.0 Å². The number of rotatable bonds is 42. The third-order valence-corrected chi connectivity index (χ3v) is 10.6. The van der Waals surface area contributed by atoms with Crippen molar-refractivity contribution < 1.29 is 19.4 Å². The molecular weight excluding hydrogens is 631 g/mol. The molecule has 0 aliphatic carbocycles. The maximum atomic E-state index is 12.7. The number of carbonyl (C=O) groups excluding carboxylic acids is 1. The minimum atomic E-state index is 0.0282. The quantitative estimate of drug-likeness (QED) is 0.0386. The number of unbranched alkanes of at least 4 members (excludes halogenated alkanes) is 24. The van der Waals surface area contributed by atoms with Crippen molar-refractivity contribution in [3.63, 3.8) is 0 Å². The number of aliphatic hydroxyl groups excluding tert-OH is 1. The molecule has 0 aromatic carbocycles. The number of aliphatic hydroxyl groups is 1. The van der Waals surface area contributed by atoms with E-state index in [0.717, 1.165) is 58.3 Å². The van der Waals surface area contributed by atoms with Crippen molar-refractivity contribution in [2.75, 3.05) is 32.8 Å². The smallest absolute Gasteiger partial charge is 0.306 e. The summed E-state index contributed by atoms with van der Waals surface area (Å²) >= 11 is 0. The van der Waals surface area contributed by atoms with Gasteiger partial charge in [-0.25, -0.2) is 0 Å². The zero-order valence-corrected chi connectivity index (χ0v) is 35.1. The number of hydrogen-bond acceptors (Lipinski definition) is 5. The first kappa shape index (κ1) is 49.9. The van der Waals surface area contributed by atoms with Gasteiger partial charge in [0.15, 0.2) is 0 Å². The molecule has 0 saturated heterocycles. The molecule has 0 heterocycles. The Balaban J connectivity index is 4.00. The fraction of sp³-hybridized carbons (Fsp3) is 0.935. The minimum Gasteiger partial charge on any atom is -0.498 e. The lowest BCUT2D eigenvalue weighted by molar-refractivity contribution is -0.150. The van der Waals surface area contributed by atoms with Crippen LogP contribution >= 0.6 is 0 Å². The molecule has 0 amide bonds. The molecule has 1 N–H and O–H groups in total. The van der Waals surface area contributed by atoms with Crippen LogP contribution in [0.15, 0.2) is 11.8 Å². The van der Waals surface area contributed by atoms with E-state index in [0.29, 0.717) is 6.42 Å². The van der Waals surface area contributed by atoms with Crippen molar-refractivity contribution in [2.24, 2.45) is 0 Å². The zero-order chi connectivity index (χ0) is 37.3. The predicted molar refractivity (Wildman–Crippen MR) is 222 cm³/mol. The van der Waals surface area contributed by atoms with Gasteiger partial charge in [0.2, 0.25) is 0 Å². The summed E-state index contributed by atoms with van der Waals surface area (Å²) in [5.74, 6) is 1.21. The summed E-state index contributed by atoms with van der Waals surface area (Å²) in [4.78, 5) is 15.2. The first-order chi connectivity index (χ1) is 25.1. The highest BCUT2D eigenvalue weighted by Gasteiger charge is 2.14. The molecule has 0 spiro atoms. The van der Waals surface area contributed by atoms with E-state index >= 15 is 0 Å². The molecule has 0 bridgehead atoms. The van der Waals surface area contributed by atoms with Gasteiger partial charge in [0.1, 0.15) is 6.10 Å². The molecule has 0 aliphatic heterocycles. The number of ether oxygens (including phenoxy) is 2. The summed E-state index contributed by atoms with van der Waals surface area (Å²) in [6, 6.07) is 0. The first-order valence-electron chi connectivity index (χ1n) is 22.9. The lowest BCUT2D eigenvalue weighted by Crippen LogP contribution is -2.29. The van der Waals surface area contributed by atoms with Gasteiger partial charge < -0.3 is 19.5 Å². The highest BCUT2D eigenvalue weighted by atomic mass is 16.5. The molecule has 304 valence electrons. The van der Waals surface area contributed by atoms with Crippen LogP contribution in [-0.2, 0) is 14.3 Å². The van der Waals surface area contributed by atoms with Crippen molar-refractivity contribution in [3.05, 3.63) is 11.8 Å². The normalized spacial score (nSPS) is 12.0. The van der Waals surface area contributed by atoms with Crippen molar-refractivity contribution >= 4 is 5.97 Å². The van der Waals surface area contributed by atoms with Crippen LogP contribution in [0, 0.1) is 0 Å². The van der Waals surface area contributed by atoms with Gasteiger partial charge in [-0.1, -0.05) is 162 Å². The third kappa shape index (κ3) is 37.1. The van der Waals surface area contributed by atoms with Gasteiger partial charge in [-0.05, 0) is 83.9 Å². The van der Waals surface area contributed by atoms with E-state index in [1.807, 2.05) is 0 Å². The maximum absolute atomic E-state index is 12.7. The van der Waals surface area contributed by atoms with Gasteiger partial charge in [-0.2, -0.15) is 0 Å². The fourth-order valence-corrected chi connectivity index (χ4v) is 7.15. The van der Waals surface area contributed by atoms with Crippen LogP contribution in [0.1, 0.15) is 240 Å². The van der Waals surface area contributed by atoms with Crippen molar-refractivity contribution in [1.82, 2.24) is 4.90 Å². The third-order valence-electron chi connectivity index (χ3n) is 10.6. The number of esters is 1. The lowest BCUT2D eigenvalue weighted by atomic mass is 10.0. The van der Waals surface area contributed by atoms with Crippen molar-refractivity contribution in [1.29, 1.82) is 0 Å². The number of nitrogens with zero attached hydrogens (tertiary/aromatic N) is 1. The second-order valence-corrected chi connectivity index (χ2v) is 15.6. The summed E-state index contributed by atoms with van der Waals surface area (Å²) in [6.07, 6.45) is 42.7. The summed E-state index contributed by atoms with van der Waals surface area (Å²) in [6.45, 7) is 13.0. The number of carbonyl (C=O) groups is 1. The average molecular weight is 722 g/mol. The SMILES string of the molecule is C/C=C(/CCCCCCCN(CCO)CCCCCCCC(=O)OC(CCCCCCCC)CCCCCCCC)OCCCCCCCCC. The van der Waals surface area contributed by atoms with Crippen LogP contribution in [0.25, 0.3) is 0 Å². The van der Waals surface area contributed by atoms with E-state index in [2.05, 4.69) is 38.7 Å². The van der Waals surface area contributed by atoms with E-state index in [4.69, 9.17) is 9.47 Å². The minimum absolute atomic E-state index is 0.0282. The average Bonchev–Trinajstić information content (AvgIpc) is 3.13. The molecule has 0 aromatic heterocycles. The molecule has 0 aliphatic rings. The molecule has 0 radical (unpaired) electrons. The van der Waals surface area contributed by atoms with E-state index in [1.54, 1.807) is 0 Å². The Hall–Kier alpha value is -1.07. The molecule has 0 aromatic rings. The number of allylic oxidation sites excluding steroid dienone is 2. The number of hydrogen-bond donors (Lipinski definition) is 1. The molecule has 0 saturated carbocycles. The highest BCUT2D eigenvalue weighted by Crippen LogP contribution is 2.19. The predicted octanol–water partition coefficient (Wildman–Crippen LogP) is 14.0. The molecule has 0 rings (SSSR count). The van der Waals surface area contributed by atoms with Crippen LogP contribution in [0.2, 0.25) is 0 Å². The van der Waals surface area contributed by atoms with E-state index in [-0.39, 0.29) is 18.7 Å². The van der Waals surface area contributed by atoms with Crippen LogP contribution in [0.5, 0.6) is 0 Å². The van der Waals surface area contributed by atoms with Crippen molar-refractivity contribution in [3.8, 4) is 0 Å². The van der Waals surface area contributed by atoms with Gasteiger partial charge >= 0.3 is 5.97 Å². The molecule has 51 heavy (non-hydrogen) atoms. The Bertz CT molecular complexity index is 710. The maximum Gasteiger partial charge on any atom is 0.306 e. The zero-order valence-electron chi connectivity index (χ0n) is 35.1. The van der Waals surface area contributed by atoms with Gasteiger partial charge in [0.05, 0.1) is 19.0 Å². The summed E-state index contributed by atoms with van der Waals surface area (Å²) < 4.78 is 12.1. The molecular formula is C46H91NO4. The van der Waals surface area contributed by atoms with Crippen LogP contribution in [-0.4, -0.2) is 54.9 Å². The summed E-state index contributed by atoms with van der Waals surface area (Å²) in [5, 5.41) is 9.59. The van der Waals surface area contributed by atoms with Crippen LogP contribution < -0.4 is 0 Å². The second kappa shape index (κ2) is 41.7. The summed E-state index contributed by atoms with van der Waals surface area (Å²) in [7, 11) is 0. The van der Waals surface area contributed by atoms with Crippen LogP contribution in [0.3, 0.4) is 0 Å². The van der Waals surface area contributed by atoms with Gasteiger partial charge in [-0.3, -0.25) is 4.79 Å². The Morgan fingerprint density at radius 3 is 1.41 bits per heavy atom. The highest BCUT2D eigenvalue weighted by molar-refractivity contribution is 5.69. The molecule has 0 unspecified atom stereocenters. The van der Waals surface area contributed by atoms with E-state index in [9.17, 15) is 9.90 Å². The summed E-state index contributed by atoms with van der Waals surface area (Å²) in [5.41, 5.74) is 0. The Morgan fingerprint density at radius 1 is 0.529 bits per heavy atom. The largest absolute Gasteiger partial charge is 0.498 e. The van der Waals surface area contributed by atoms with Gasteiger partial charge in [0, 0.05) is 19.4 Å². The Morgan fingerprint density at radius 2 is 0.941 bits per heavy atom. The van der Waals surface area contributed by atoms with E-state index in [1.165, 1.54) is 179 Å². The fourth-order valence-electron chi connectivity index (χ4n) is 7.15. The molecule has 0 fully saturated rings. The van der Waals surface area contributed by atoms with Crippen molar-refractivity contribution in [2.45, 2.75) is 246 Å². The standard InChI is InChI=1S/C46H91NO4/c1-5-9-12-15-18-27-34-43-50-44(8-4)35-28-23-19-25-32-39-47(41-42-48)40-33-26-20-24-31-38-46(49)51-45(36-29-21-16-13-10-6-2)37-30-22-17-14-11-7-3/h8,45,48H,5-7,9-43H2,1-4H3/b44-8-. The lowest BCUT2D eigenvalue weighted by Gasteiger charge is -2.21. The first-order valence-corrected chi connectivity index (χ1v) is 22.9. The second-order valence-electron chi connectivity index (χ2n) is 15.6. The Kier molecular flexibility index (Phi) is 40.8.